The molecule has 1 aliphatic rings. The topological polar surface area (TPSA) is 84.7 Å². The molecular formula is C20H17Cl2F3N6O. The van der Waals surface area contributed by atoms with Gasteiger partial charge in [0.25, 0.3) is 0 Å². The van der Waals surface area contributed by atoms with Crippen LogP contribution < -0.4 is 10.6 Å². The molecule has 1 saturated carbocycles. The van der Waals surface area contributed by atoms with Gasteiger partial charge in [-0.2, -0.15) is 18.3 Å². The highest BCUT2D eigenvalue weighted by Crippen LogP contribution is 2.46. The Kier molecular flexibility index (Phi) is 6.25. The summed E-state index contributed by atoms with van der Waals surface area (Å²) in [5.74, 6) is 0.115. The molecule has 32 heavy (non-hydrogen) atoms. The predicted molar refractivity (Wildman–Crippen MR) is 114 cm³/mol. The minimum Gasteiger partial charge on any atom is -0.339 e. The van der Waals surface area contributed by atoms with Gasteiger partial charge in [-0.1, -0.05) is 23.2 Å². The van der Waals surface area contributed by atoms with Gasteiger partial charge in [0.15, 0.2) is 16.7 Å². The number of amides is 1. The summed E-state index contributed by atoms with van der Waals surface area (Å²) in [5, 5.41) is 16.9. The molecular weight excluding hydrogens is 468 g/mol. The first-order valence-electron chi connectivity index (χ1n) is 9.70. The van der Waals surface area contributed by atoms with Crippen LogP contribution in [0, 0.1) is 0 Å². The van der Waals surface area contributed by atoms with Crippen molar-refractivity contribution in [2.75, 3.05) is 10.6 Å². The van der Waals surface area contributed by atoms with E-state index in [1.165, 1.54) is 4.68 Å². The van der Waals surface area contributed by atoms with Crippen molar-refractivity contribution in [1.29, 1.82) is 0 Å². The number of aromatic nitrogens is 4. The van der Waals surface area contributed by atoms with E-state index in [4.69, 9.17) is 23.2 Å². The quantitative estimate of drug-likeness (QED) is 0.452. The number of anilines is 3. The molecule has 4 rings (SSSR count). The summed E-state index contributed by atoms with van der Waals surface area (Å²) in [6.07, 6.45) is -3.16. The zero-order chi connectivity index (χ0) is 22.9. The lowest BCUT2D eigenvalue weighted by Gasteiger charge is -2.09. The molecule has 1 aromatic carbocycles. The molecule has 2 aromatic heterocycles. The fraction of sp³-hybridized carbons (Fsp3) is 0.300. The first kappa shape index (κ1) is 22.3. The van der Waals surface area contributed by atoms with Gasteiger partial charge in [0, 0.05) is 23.7 Å². The third-order valence-corrected chi connectivity index (χ3v) is 5.36. The highest BCUT2D eigenvalue weighted by molar-refractivity contribution is 6.32. The van der Waals surface area contributed by atoms with E-state index >= 15 is 0 Å². The summed E-state index contributed by atoms with van der Waals surface area (Å²) < 4.78 is 40.6. The minimum absolute atomic E-state index is 0.00232. The second-order valence-electron chi connectivity index (χ2n) is 7.28. The van der Waals surface area contributed by atoms with E-state index in [0.717, 1.165) is 18.5 Å². The predicted octanol–water partition coefficient (Wildman–Crippen LogP) is 5.65. The number of nitrogens with one attached hydrogen (secondary N) is 2. The summed E-state index contributed by atoms with van der Waals surface area (Å²) in [6, 6.07) is 10.1. The summed E-state index contributed by atoms with van der Waals surface area (Å²) in [6.45, 7) is 0.00232. The van der Waals surface area contributed by atoms with Crippen LogP contribution in [0.1, 0.15) is 36.6 Å². The van der Waals surface area contributed by atoms with Gasteiger partial charge in [0.2, 0.25) is 5.91 Å². The van der Waals surface area contributed by atoms with Crippen LogP contribution in [0.15, 0.2) is 36.4 Å². The average Bonchev–Trinajstić information content (AvgIpc) is 3.51. The van der Waals surface area contributed by atoms with Gasteiger partial charge in [-0.25, -0.2) is 0 Å². The van der Waals surface area contributed by atoms with Crippen molar-refractivity contribution in [1.82, 2.24) is 20.0 Å². The van der Waals surface area contributed by atoms with Crippen LogP contribution >= 0.6 is 23.2 Å². The Morgan fingerprint density at radius 1 is 1.06 bits per heavy atom. The normalized spacial score (nSPS) is 13.8. The minimum atomic E-state index is -4.64. The van der Waals surface area contributed by atoms with Crippen molar-refractivity contribution in [3.8, 4) is 0 Å². The van der Waals surface area contributed by atoms with E-state index in [0.29, 0.717) is 17.2 Å². The van der Waals surface area contributed by atoms with Crippen LogP contribution in [0.25, 0.3) is 0 Å². The number of hydrogen-bond donors (Lipinski definition) is 2. The van der Waals surface area contributed by atoms with Crippen molar-refractivity contribution in [3.63, 3.8) is 0 Å². The van der Waals surface area contributed by atoms with E-state index in [2.05, 4.69) is 25.9 Å². The Morgan fingerprint density at radius 3 is 2.34 bits per heavy atom. The maximum Gasteiger partial charge on any atom is 0.436 e. The fourth-order valence-electron chi connectivity index (χ4n) is 3.15. The Balaban J connectivity index is 1.36. The number of benzene rings is 1. The lowest BCUT2D eigenvalue weighted by Crippen LogP contribution is -2.16. The number of halogens is 5. The van der Waals surface area contributed by atoms with Gasteiger partial charge in [-0.05, 0) is 49.2 Å². The van der Waals surface area contributed by atoms with Crippen LogP contribution in [-0.2, 0) is 17.5 Å². The van der Waals surface area contributed by atoms with Gasteiger partial charge in [0.05, 0.1) is 17.3 Å². The molecule has 3 aromatic rings. The van der Waals surface area contributed by atoms with Crippen LogP contribution in [0.3, 0.4) is 0 Å². The number of carbonyl (C=O) groups excluding carboxylic acids is 1. The third-order valence-electron chi connectivity index (χ3n) is 4.79. The van der Waals surface area contributed by atoms with Gasteiger partial charge in [-0.15, -0.1) is 10.2 Å². The maximum atomic E-state index is 13.1. The largest absolute Gasteiger partial charge is 0.436 e. The SMILES string of the molecule is O=C(CCn1nc(C(F)(F)F)c(Cl)c1C1CC1)Nc1ccc(Nc2ccc(Cl)nn2)cc1. The molecule has 1 aliphatic carbocycles. The molecule has 2 N–H and O–H groups in total. The fourth-order valence-corrected chi connectivity index (χ4v) is 3.65. The molecule has 0 unspecified atom stereocenters. The van der Waals surface area contributed by atoms with Crippen molar-refractivity contribution in [2.45, 2.75) is 37.9 Å². The van der Waals surface area contributed by atoms with Crippen LogP contribution in [0.5, 0.6) is 0 Å². The van der Waals surface area contributed by atoms with Gasteiger partial charge < -0.3 is 10.6 Å². The van der Waals surface area contributed by atoms with E-state index in [1.54, 1.807) is 36.4 Å². The lowest BCUT2D eigenvalue weighted by atomic mass is 10.2. The molecule has 1 amide bonds. The highest BCUT2D eigenvalue weighted by Gasteiger charge is 2.42. The average molecular weight is 485 g/mol. The molecule has 7 nitrogen and oxygen atoms in total. The second-order valence-corrected chi connectivity index (χ2v) is 8.05. The maximum absolute atomic E-state index is 13.1. The van der Waals surface area contributed by atoms with Crippen LogP contribution in [0.4, 0.5) is 30.4 Å². The molecule has 12 heteroatoms. The summed E-state index contributed by atoms with van der Waals surface area (Å²) >= 11 is 11.7. The Bertz CT molecular complexity index is 1110. The van der Waals surface area contributed by atoms with E-state index in [9.17, 15) is 18.0 Å². The zero-order valence-electron chi connectivity index (χ0n) is 16.5. The molecule has 0 radical (unpaired) electrons. The smallest absolute Gasteiger partial charge is 0.339 e. The molecule has 2 heterocycles. The highest BCUT2D eigenvalue weighted by atomic mass is 35.5. The summed E-state index contributed by atoms with van der Waals surface area (Å²) in [5.41, 5.74) is 0.515. The standard InChI is InChI=1S/C20H17Cl2F3N6O/c21-14-7-8-15(29-28-14)26-12-3-5-13(6-4-12)27-16(32)9-10-31-18(11-1-2-11)17(22)19(30-31)20(23,24)25/h3-8,11H,1-2,9-10H2,(H,26,29)(H,27,32). The first-order valence-corrected chi connectivity index (χ1v) is 10.5. The molecule has 0 spiro atoms. The number of alkyl halides is 3. The molecule has 168 valence electrons. The van der Waals surface area contributed by atoms with Crippen molar-refractivity contribution < 1.29 is 18.0 Å². The number of nitrogens with zero attached hydrogens (tertiary/aromatic N) is 4. The second kappa shape index (κ2) is 8.95. The van der Waals surface area contributed by atoms with Gasteiger partial charge >= 0.3 is 6.18 Å². The Morgan fingerprint density at radius 2 is 1.75 bits per heavy atom. The number of aryl methyl sites for hydroxylation is 1. The summed E-state index contributed by atoms with van der Waals surface area (Å²) in [4.78, 5) is 12.3. The van der Waals surface area contributed by atoms with Gasteiger partial charge in [0.1, 0.15) is 0 Å². The third kappa shape index (κ3) is 5.31. The van der Waals surface area contributed by atoms with E-state index < -0.39 is 11.9 Å². The zero-order valence-corrected chi connectivity index (χ0v) is 18.0. The molecule has 0 bridgehead atoms. The van der Waals surface area contributed by atoms with E-state index in [-0.39, 0.29) is 35.0 Å². The molecule has 1 fully saturated rings. The van der Waals surface area contributed by atoms with Crippen molar-refractivity contribution >= 4 is 46.3 Å². The molecule has 0 aliphatic heterocycles. The van der Waals surface area contributed by atoms with Crippen LogP contribution in [-0.4, -0.2) is 25.9 Å². The molecule has 0 saturated heterocycles. The monoisotopic (exact) mass is 484 g/mol. The number of hydrogen-bond acceptors (Lipinski definition) is 5. The van der Waals surface area contributed by atoms with E-state index in [1.807, 2.05) is 0 Å². The summed E-state index contributed by atoms with van der Waals surface area (Å²) in [7, 11) is 0. The molecule has 0 atom stereocenters. The number of carbonyl (C=O) groups is 1. The van der Waals surface area contributed by atoms with Crippen molar-refractivity contribution in [3.05, 3.63) is 58.0 Å². The first-order chi connectivity index (χ1) is 15.2. The van der Waals surface area contributed by atoms with Gasteiger partial charge in [-0.3, -0.25) is 9.48 Å². The Labute approximate surface area is 190 Å². The number of rotatable bonds is 7. The Hall–Kier alpha value is -2.85. The van der Waals surface area contributed by atoms with Crippen LogP contribution in [0.2, 0.25) is 10.2 Å². The van der Waals surface area contributed by atoms with Crippen molar-refractivity contribution in [2.24, 2.45) is 0 Å². The lowest BCUT2D eigenvalue weighted by molar-refractivity contribution is -0.141.